The molecule has 0 amide bonds. The maximum absolute atomic E-state index is 11.0. The molecule has 1 aromatic carbocycles. The second-order valence-electron chi connectivity index (χ2n) is 5.73. The van der Waals surface area contributed by atoms with Crippen LogP contribution < -0.4 is 0 Å². The molecule has 0 atom stereocenters. The standard InChI is InChI=1S/C17H14Cl3N5O2/c18-14-3-1-12(9-15(14)19)5-6-23-7-8-24(17(23)22-25(26)27)11-13-2-4-16(20)21-10-13/h1-6,9-10H,7-8,11H2/b6-5+,22-17-. The van der Waals surface area contributed by atoms with Gasteiger partial charge in [-0.05, 0) is 35.4 Å². The lowest BCUT2D eigenvalue weighted by molar-refractivity contribution is -0.486. The molecular weight excluding hydrogens is 413 g/mol. The van der Waals surface area contributed by atoms with Crippen LogP contribution >= 0.6 is 34.8 Å². The monoisotopic (exact) mass is 425 g/mol. The van der Waals surface area contributed by atoms with E-state index in [1.54, 1.807) is 41.6 Å². The number of hydrogen-bond acceptors (Lipinski definition) is 3. The molecule has 0 aliphatic carbocycles. The van der Waals surface area contributed by atoms with Crippen molar-refractivity contribution in [1.29, 1.82) is 0 Å². The largest absolute Gasteiger partial charge is 0.331 e. The van der Waals surface area contributed by atoms with Crippen LogP contribution in [0, 0.1) is 10.1 Å². The second-order valence-corrected chi connectivity index (χ2v) is 6.93. The first-order chi connectivity index (χ1) is 12.9. The zero-order chi connectivity index (χ0) is 19.4. The van der Waals surface area contributed by atoms with Gasteiger partial charge in [0, 0.05) is 32.0 Å². The third-order valence-electron chi connectivity index (χ3n) is 3.87. The lowest BCUT2D eigenvalue weighted by Gasteiger charge is -2.18. The molecule has 1 saturated heterocycles. The molecule has 0 radical (unpaired) electrons. The summed E-state index contributed by atoms with van der Waals surface area (Å²) < 4.78 is 0. The Morgan fingerprint density at radius 3 is 2.67 bits per heavy atom. The van der Waals surface area contributed by atoms with E-state index in [-0.39, 0.29) is 5.96 Å². The number of nitro groups is 1. The van der Waals surface area contributed by atoms with E-state index in [2.05, 4.69) is 10.1 Å². The number of pyridine rings is 1. The highest BCUT2D eigenvalue weighted by molar-refractivity contribution is 6.42. The third kappa shape index (κ3) is 5.09. The zero-order valence-electron chi connectivity index (χ0n) is 13.9. The van der Waals surface area contributed by atoms with E-state index in [4.69, 9.17) is 34.8 Å². The molecule has 0 unspecified atom stereocenters. The van der Waals surface area contributed by atoms with Crippen LogP contribution in [-0.4, -0.2) is 38.9 Å². The molecule has 0 bridgehead atoms. The first kappa shape index (κ1) is 19.4. The van der Waals surface area contributed by atoms with Crippen LogP contribution in [0.3, 0.4) is 0 Å². The van der Waals surface area contributed by atoms with Gasteiger partial charge in [-0.25, -0.2) is 15.1 Å². The van der Waals surface area contributed by atoms with Gasteiger partial charge >= 0.3 is 0 Å². The number of rotatable bonds is 5. The fourth-order valence-corrected chi connectivity index (χ4v) is 3.03. The van der Waals surface area contributed by atoms with Gasteiger partial charge in [0.05, 0.1) is 10.0 Å². The van der Waals surface area contributed by atoms with E-state index in [9.17, 15) is 10.1 Å². The Labute approximate surface area is 170 Å². The maximum Gasteiger partial charge on any atom is 0.278 e. The summed E-state index contributed by atoms with van der Waals surface area (Å²) in [6.45, 7) is 1.58. The van der Waals surface area contributed by atoms with Crippen LogP contribution in [0.5, 0.6) is 0 Å². The quantitative estimate of drug-likeness (QED) is 0.403. The summed E-state index contributed by atoms with van der Waals surface area (Å²) in [5, 5.41) is 15.1. The third-order valence-corrected chi connectivity index (χ3v) is 4.84. The van der Waals surface area contributed by atoms with E-state index in [0.717, 1.165) is 11.1 Å². The van der Waals surface area contributed by atoms with Crippen molar-refractivity contribution in [3.8, 4) is 0 Å². The van der Waals surface area contributed by atoms with Gasteiger partial charge in [0.25, 0.3) is 5.96 Å². The van der Waals surface area contributed by atoms with Gasteiger partial charge in [-0.3, -0.25) is 0 Å². The number of guanidine groups is 1. The Kier molecular flexibility index (Phi) is 6.15. The smallest absolute Gasteiger partial charge is 0.278 e. The minimum absolute atomic E-state index is 0.256. The topological polar surface area (TPSA) is 74.9 Å². The van der Waals surface area contributed by atoms with Crippen molar-refractivity contribution in [3.63, 3.8) is 0 Å². The van der Waals surface area contributed by atoms with Gasteiger partial charge in [-0.1, -0.05) is 46.9 Å². The van der Waals surface area contributed by atoms with E-state index in [1.807, 2.05) is 17.0 Å². The summed E-state index contributed by atoms with van der Waals surface area (Å²) in [5.74, 6) is 0.256. The fraction of sp³-hybridized carbons (Fsp3) is 0.176. The van der Waals surface area contributed by atoms with Crippen molar-refractivity contribution in [2.45, 2.75) is 6.54 Å². The number of aromatic nitrogens is 1. The Hall–Kier alpha value is -2.35. The lowest BCUT2D eigenvalue weighted by Crippen LogP contribution is -2.31. The van der Waals surface area contributed by atoms with Gasteiger partial charge < -0.3 is 9.80 Å². The lowest BCUT2D eigenvalue weighted by atomic mass is 10.2. The molecular formula is C17H14Cl3N5O2. The average molecular weight is 427 g/mol. The molecule has 140 valence electrons. The number of hydrazone groups is 1. The number of halogens is 3. The van der Waals surface area contributed by atoms with Crippen LogP contribution in [0.1, 0.15) is 11.1 Å². The van der Waals surface area contributed by atoms with Crippen LogP contribution in [0.15, 0.2) is 47.8 Å². The summed E-state index contributed by atoms with van der Waals surface area (Å²) in [4.78, 5) is 18.5. The Morgan fingerprint density at radius 1 is 1.19 bits per heavy atom. The van der Waals surface area contributed by atoms with Crippen molar-refractivity contribution in [2.24, 2.45) is 5.10 Å². The summed E-state index contributed by atoms with van der Waals surface area (Å²) in [6, 6.07) is 8.73. The Balaban J connectivity index is 1.78. The van der Waals surface area contributed by atoms with Crippen molar-refractivity contribution in [1.82, 2.24) is 14.8 Å². The molecule has 1 aromatic heterocycles. The number of nitrogens with zero attached hydrogens (tertiary/aromatic N) is 5. The highest BCUT2D eigenvalue weighted by Gasteiger charge is 2.28. The fourth-order valence-electron chi connectivity index (χ4n) is 2.61. The summed E-state index contributed by atoms with van der Waals surface area (Å²) in [7, 11) is 0. The molecule has 10 heteroatoms. The molecule has 1 aliphatic heterocycles. The van der Waals surface area contributed by atoms with Gasteiger partial charge in [0.15, 0.2) is 5.03 Å². The van der Waals surface area contributed by atoms with Crippen LogP contribution in [0.2, 0.25) is 15.2 Å². The van der Waals surface area contributed by atoms with E-state index in [1.165, 1.54) is 0 Å². The molecule has 7 nitrogen and oxygen atoms in total. The molecule has 1 fully saturated rings. The molecule has 27 heavy (non-hydrogen) atoms. The highest BCUT2D eigenvalue weighted by Crippen LogP contribution is 2.23. The summed E-state index contributed by atoms with van der Waals surface area (Å²) in [6.07, 6.45) is 5.17. The predicted molar refractivity (Wildman–Crippen MR) is 106 cm³/mol. The second kappa shape index (κ2) is 8.56. The van der Waals surface area contributed by atoms with E-state index in [0.29, 0.717) is 34.8 Å². The first-order valence-corrected chi connectivity index (χ1v) is 9.04. The predicted octanol–water partition coefficient (Wildman–Crippen LogP) is 4.38. The maximum atomic E-state index is 11.0. The number of hydrogen-bond donors (Lipinski definition) is 0. The van der Waals surface area contributed by atoms with Crippen LogP contribution in [0.25, 0.3) is 6.08 Å². The van der Waals surface area contributed by atoms with Crippen molar-refractivity contribution in [3.05, 3.63) is 79.2 Å². The molecule has 0 N–H and O–H groups in total. The normalized spacial score (nSPS) is 15.9. The molecule has 2 heterocycles. The van der Waals surface area contributed by atoms with Crippen molar-refractivity contribution >= 4 is 46.8 Å². The summed E-state index contributed by atoms with van der Waals surface area (Å²) >= 11 is 17.7. The molecule has 2 aromatic rings. The van der Waals surface area contributed by atoms with E-state index < -0.39 is 5.03 Å². The first-order valence-electron chi connectivity index (χ1n) is 7.90. The van der Waals surface area contributed by atoms with Crippen molar-refractivity contribution < 1.29 is 5.03 Å². The molecule has 0 spiro atoms. The van der Waals surface area contributed by atoms with E-state index >= 15 is 0 Å². The Morgan fingerprint density at radius 2 is 2.00 bits per heavy atom. The van der Waals surface area contributed by atoms with Crippen LogP contribution in [-0.2, 0) is 6.54 Å². The van der Waals surface area contributed by atoms with Crippen molar-refractivity contribution in [2.75, 3.05) is 13.1 Å². The number of benzene rings is 1. The van der Waals surface area contributed by atoms with Crippen LogP contribution in [0.4, 0.5) is 0 Å². The van der Waals surface area contributed by atoms with Gasteiger partial charge in [0.2, 0.25) is 0 Å². The van der Waals surface area contributed by atoms with Gasteiger partial charge in [0.1, 0.15) is 10.3 Å². The molecule has 3 rings (SSSR count). The zero-order valence-corrected chi connectivity index (χ0v) is 16.2. The van der Waals surface area contributed by atoms with Gasteiger partial charge in [-0.15, -0.1) is 0 Å². The van der Waals surface area contributed by atoms with Gasteiger partial charge in [-0.2, -0.15) is 0 Å². The molecule has 1 aliphatic rings. The highest BCUT2D eigenvalue weighted by atomic mass is 35.5. The average Bonchev–Trinajstić information content (AvgIpc) is 2.99. The summed E-state index contributed by atoms with van der Waals surface area (Å²) in [5.41, 5.74) is 1.70. The SMILES string of the molecule is O=[N+]([O-])/N=C1/N(/C=C/c2ccc(Cl)c(Cl)c2)CCN1Cc1ccc(Cl)nc1. The Bertz CT molecular complexity index is 902. The minimum Gasteiger partial charge on any atom is -0.331 e. The molecule has 0 saturated carbocycles. The minimum atomic E-state index is -0.701.